The van der Waals surface area contributed by atoms with E-state index in [1.165, 1.54) is 34.0 Å². The molecule has 136 valence electrons. The van der Waals surface area contributed by atoms with Crippen molar-refractivity contribution >= 4 is 44.9 Å². The lowest BCUT2D eigenvalue weighted by molar-refractivity contribution is -0.127. The Morgan fingerprint density at radius 3 is 3.04 bits per heavy atom. The van der Waals surface area contributed by atoms with E-state index in [0.717, 1.165) is 60.3 Å². The number of likely N-dealkylation sites (tertiary alicyclic amines) is 1. The predicted molar refractivity (Wildman–Crippen MR) is 104 cm³/mol. The van der Waals surface area contributed by atoms with E-state index in [4.69, 9.17) is 0 Å². The van der Waals surface area contributed by atoms with Crippen molar-refractivity contribution in [3.8, 4) is 0 Å². The van der Waals surface area contributed by atoms with E-state index in [2.05, 4.69) is 22.1 Å². The highest BCUT2D eigenvalue weighted by Gasteiger charge is 2.24. The summed E-state index contributed by atoms with van der Waals surface area (Å²) in [7, 11) is 0. The standard InChI is InChI=1S/C18H21N5OS2/c1-11-4-5-12-13(8-11)26-17-15(12)16-20-21-18(23(16)10-19-17)25-9-14(24)22-6-2-3-7-22/h10-11H,2-9H2,1H3. The van der Waals surface area contributed by atoms with E-state index in [0.29, 0.717) is 5.75 Å². The number of nitrogens with zero attached hydrogens (tertiary/aromatic N) is 5. The third-order valence-corrected chi connectivity index (χ3v) is 7.55. The van der Waals surface area contributed by atoms with Gasteiger partial charge in [0.05, 0.1) is 11.1 Å². The maximum atomic E-state index is 12.3. The van der Waals surface area contributed by atoms with Crippen molar-refractivity contribution in [2.75, 3.05) is 18.8 Å². The molecule has 0 aromatic carbocycles. The van der Waals surface area contributed by atoms with Gasteiger partial charge in [0, 0.05) is 18.0 Å². The molecule has 1 saturated heterocycles. The van der Waals surface area contributed by atoms with Crippen LogP contribution in [0.2, 0.25) is 0 Å². The van der Waals surface area contributed by atoms with Crippen LogP contribution in [0.25, 0.3) is 15.9 Å². The van der Waals surface area contributed by atoms with Crippen molar-refractivity contribution < 1.29 is 4.79 Å². The molecule has 1 unspecified atom stereocenters. The highest BCUT2D eigenvalue weighted by atomic mass is 32.2. The van der Waals surface area contributed by atoms with Crippen LogP contribution in [-0.2, 0) is 17.6 Å². The maximum Gasteiger partial charge on any atom is 0.233 e. The molecule has 2 aliphatic rings. The van der Waals surface area contributed by atoms with Gasteiger partial charge < -0.3 is 4.90 Å². The number of hydrogen-bond donors (Lipinski definition) is 0. The van der Waals surface area contributed by atoms with Crippen molar-refractivity contribution in [1.29, 1.82) is 0 Å². The Labute approximate surface area is 160 Å². The Balaban J connectivity index is 1.47. The van der Waals surface area contributed by atoms with Crippen LogP contribution in [0.3, 0.4) is 0 Å². The van der Waals surface area contributed by atoms with E-state index < -0.39 is 0 Å². The summed E-state index contributed by atoms with van der Waals surface area (Å²) in [4.78, 5) is 21.4. The zero-order valence-corrected chi connectivity index (χ0v) is 16.4. The number of carbonyl (C=O) groups is 1. The summed E-state index contributed by atoms with van der Waals surface area (Å²) in [6, 6.07) is 0. The molecule has 3 aromatic heterocycles. The van der Waals surface area contributed by atoms with Crippen LogP contribution in [-0.4, -0.2) is 49.2 Å². The average Bonchev–Trinajstić information content (AvgIpc) is 3.36. The van der Waals surface area contributed by atoms with E-state index in [1.54, 1.807) is 11.3 Å². The van der Waals surface area contributed by atoms with Crippen LogP contribution in [0.1, 0.15) is 36.6 Å². The van der Waals surface area contributed by atoms with Gasteiger partial charge in [-0.15, -0.1) is 21.5 Å². The van der Waals surface area contributed by atoms with Crippen molar-refractivity contribution in [3.05, 3.63) is 16.8 Å². The van der Waals surface area contributed by atoms with Gasteiger partial charge in [-0.3, -0.25) is 9.20 Å². The van der Waals surface area contributed by atoms with Gasteiger partial charge in [0.25, 0.3) is 0 Å². The van der Waals surface area contributed by atoms with Crippen LogP contribution in [0.5, 0.6) is 0 Å². The lowest BCUT2D eigenvalue weighted by atomic mass is 9.89. The summed E-state index contributed by atoms with van der Waals surface area (Å²) in [5, 5.41) is 10.7. The molecule has 0 saturated carbocycles. The number of rotatable bonds is 3. The van der Waals surface area contributed by atoms with Crippen LogP contribution >= 0.6 is 23.1 Å². The summed E-state index contributed by atoms with van der Waals surface area (Å²) < 4.78 is 1.95. The minimum atomic E-state index is 0.195. The van der Waals surface area contributed by atoms with E-state index >= 15 is 0 Å². The molecule has 1 amide bonds. The Morgan fingerprint density at radius 2 is 2.19 bits per heavy atom. The molecular formula is C18H21N5OS2. The van der Waals surface area contributed by atoms with Gasteiger partial charge in [-0.2, -0.15) is 0 Å². The van der Waals surface area contributed by atoms with Gasteiger partial charge in [0.1, 0.15) is 11.2 Å². The largest absolute Gasteiger partial charge is 0.342 e. The SMILES string of the molecule is CC1CCc2c(sc3ncn4c(SCC(=O)N5CCCC5)nnc4c23)C1. The van der Waals surface area contributed by atoms with Crippen LogP contribution in [0.15, 0.2) is 11.5 Å². The first-order valence-electron chi connectivity index (χ1n) is 9.25. The van der Waals surface area contributed by atoms with Crippen molar-refractivity contribution in [2.24, 2.45) is 5.92 Å². The summed E-state index contributed by atoms with van der Waals surface area (Å²) in [5.41, 5.74) is 2.30. The fourth-order valence-corrected chi connectivity index (χ4v) is 6.15. The Bertz CT molecular complexity index is 988. The lowest BCUT2D eigenvalue weighted by Crippen LogP contribution is -2.29. The first kappa shape index (κ1) is 16.5. The Kier molecular flexibility index (Phi) is 4.12. The number of hydrogen-bond acceptors (Lipinski definition) is 6. The van der Waals surface area contributed by atoms with Gasteiger partial charge in [-0.25, -0.2) is 4.98 Å². The van der Waals surface area contributed by atoms with Gasteiger partial charge in [-0.1, -0.05) is 18.7 Å². The van der Waals surface area contributed by atoms with Crippen LogP contribution in [0, 0.1) is 5.92 Å². The highest BCUT2D eigenvalue weighted by Crippen LogP contribution is 2.39. The number of thiophene rings is 1. The molecule has 4 heterocycles. The Hall–Kier alpha value is -1.67. The molecule has 1 aliphatic heterocycles. The number of thioether (sulfide) groups is 1. The summed E-state index contributed by atoms with van der Waals surface area (Å²) >= 11 is 3.26. The highest BCUT2D eigenvalue weighted by molar-refractivity contribution is 7.99. The van der Waals surface area contributed by atoms with Crippen molar-refractivity contribution in [1.82, 2.24) is 24.5 Å². The van der Waals surface area contributed by atoms with Gasteiger partial charge >= 0.3 is 0 Å². The zero-order valence-electron chi connectivity index (χ0n) is 14.8. The summed E-state index contributed by atoms with van der Waals surface area (Å²) in [6.07, 6.45) is 7.51. The van der Waals surface area contributed by atoms with Crippen LogP contribution < -0.4 is 0 Å². The molecule has 1 fully saturated rings. The first-order chi connectivity index (χ1) is 12.7. The summed E-state index contributed by atoms with van der Waals surface area (Å²) in [6.45, 7) is 4.10. The van der Waals surface area contributed by atoms with Gasteiger partial charge in [0.15, 0.2) is 10.8 Å². The second kappa shape index (κ2) is 6.49. The molecule has 26 heavy (non-hydrogen) atoms. The van der Waals surface area contributed by atoms with E-state index in [9.17, 15) is 4.79 Å². The van der Waals surface area contributed by atoms with Crippen molar-refractivity contribution in [2.45, 2.75) is 44.2 Å². The molecule has 0 radical (unpaired) electrons. The van der Waals surface area contributed by atoms with E-state index in [1.807, 2.05) is 15.6 Å². The van der Waals surface area contributed by atoms with Crippen molar-refractivity contribution in [3.63, 3.8) is 0 Å². The quantitative estimate of drug-likeness (QED) is 0.646. The first-order valence-corrected chi connectivity index (χ1v) is 11.1. The fourth-order valence-electron chi connectivity index (χ4n) is 4.00. The second-order valence-electron chi connectivity index (χ2n) is 7.33. The third-order valence-electron chi connectivity index (χ3n) is 5.46. The van der Waals surface area contributed by atoms with Gasteiger partial charge in [0.2, 0.25) is 5.91 Å². The second-order valence-corrected chi connectivity index (χ2v) is 9.36. The number of amides is 1. The monoisotopic (exact) mass is 387 g/mol. The topological polar surface area (TPSA) is 63.4 Å². The molecular weight excluding hydrogens is 366 g/mol. The smallest absolute Gasteiger partial charge is 0.233 e. The molecule has 6 nitrogen and oxygen atoms in total. The fraction of sp³-hybridized carbons (Fsp3) is 0.556. The average molecular weight is 388 g/mol. The van der Waals surface area contributed by atoms with E-state index in [-0.39, 0.29) is 5.91 Å². The number of aromatic nitrogens is 4. The predicted octanol–water partition coefficient (Wildman–Crippen LogP) is 3.18. The molecule has 0 N–H and O–H groups in total. The van der Waals surface area contributed by atoms with Crippen LogP contribution in [0.4, 0.5) is 0 Å². The number of fused-ring (bicyclic) bond motifs is 5. The Morgan fingerprint density at radius 1 is 1.35 bits per heavy atom. The van der Waals surface area contributed by atoms with Gasteiger partial charge in [-0.05, 0) is 43.6 Å². The minimum absolute atomic E-state index is 0.195. The maximum absolute atomic E-state index is 12.3. The minimum Gasteiger partial charge on any atom is -0.342 e. The molecule has 5 rings (SSSR count). The molecule has 1 atom stereocenters. The third kappa shape index (κ3) is 2.70. The summed E-state index contributed by atoms with van der Waals surface area (Å²) in [5.74, 6) is 1.35. The lowest BCUT2D eigenvalue weighted by Gasteiger charge is -2.17. The molecule has 0 bridgehead atoms. The molecule has 8 heteroatoms. The number of aryl methyl sites for hydroxylation is 1. The zero-order chi connectivity index (χ0) is 17.7. The molecule has 0 spiro atoms. The number of carbonyl (C=O) groups excluding carboxylic acids is 1. The molecule has 3 aromatic rings. The molecule has 1 aliphatic carbocycles. The normalized spacial score (nSPS) is 20.2.